The Kier molecular flexibility index (Phi) is 5.10. The second-order valence-corrected chi connectivity index (χ2v) is 5.54. The monoisotopic (exact) mass is 284 g/mol. The minimum absolute atomic E-state index is 0.160. The van der Waals surface area contributed by atoms with Crippen molar-refractivity contribution in [3.63, 3.8) is 0 Å². The Hall–Kier alpha value is -2.15. The number of nitrogens with zero attached hydrogens (tertiary/aromatic N) is 1. The Bertz CT molecular complexity index is 540. The number of amides is 1. The van der Waals surface area contributed by atoms with E-state index in [1.54, 1.807) is 0 Å². The highest BCUT2D eigenvalue weighted by Crippen LogP contribution is 2.36. The number of hydrogen-bond acceptors (Lipinski definition) is 3. The summed E-state index contributed by atoms with van der Waals surface area (Å²) in [7, 11) is 1.45. The maximum absolute atomic E-state index is 12.3. The predicted molar refractivity (Wildman–Crippen MR) is 79.3 cm³/mol. The second-order valence-electron chi connectivity index (χ2n) is 5.54. The second kappa shape index (κ2) is 7.03. The van der Waals surface area contributed by atoms with Crippen LogP contribution in [0.4, 0.5) is 0 Å². The molecule has 1 amide bonds. The van der Waals surface area contributed by atoms with E-state index in [-0.39, 0.29) is 11.7 Å². The van der Waals surface area contributed by atoms with Crippen molar-refractivity contribution in [3.8, 4) is 6.07 Å². The number of benzene rings is 1. The van der Waals surface area contributed by atoms with Gasteiger partial charge in [-0.2, -0.15) is 5.26 Å². The number of Topliss-reactive ketones (excluding diaryl/α,β-unsaturated/α-hetero) is 1. The van der Waals surface area contributed by atoms with Crippen LogP contribution in [0.5, 0.6) is 0 Å². The quantitative estimate of drug-likeness (QED) is 0.863. The van der Waals surface area contributed by atoms with E-state index in [1.165, 1.54) is 12.6 Å². The molecule has 0 radical (unpaired) electrons. The van der Waals surface area contributed by atoms with Gasteiger partial charge in [0.25, 0.3) is 0 Å². The van der Waals surface area contributed by atoms with Crippen LogP contribution in [0.25, 0.3) is 0 Å². The van der Waals surface area contributed by atoms with Crippen molar-refractivity contribution in [2.24, 2.45) is 11.8 Å². The van der Waals surface area contributed by atoms with Gasteiger partial charge in [0.05, 0.1) is 6.07 Å². The Morgan fingerprint density at radius 1 is 1.19 bits per heavy atom. The highest BCUT2D eigenvalue weighted by molar-refractivity contribution is 6.04. The lowest BCUT2D eigenvalue weighted by atomic mass is 9.75. The van der Waals surface area contributed by atoms with E-state index < -0.39 is 11.8 Å². The van der Waals surface area contributed by atoms with Crippen LogP contribution < -0.4 is 5.32 Å². The first kappa shape index (κ1) is 15.2. The molecule has 1 saturated carbocycles. The first-order valence-electron chi connectivity index (χ1n) is 7.37. The van der Waals surface area contributed by atoms with Crippen LogP contribution in [-0.4, -0.2) is 18.7 Å². The lowest BCUT2D eigenvalue weighted by Gasteiger charge is -2.28. The molecule has 4 heteroatoms. The van der Waals surface area contributed by atoms with Gasteiger partial charge in [-0.25, -0.2) is 0 Å². The fourth-order valence-electron chi connectivity index (χ4n) is 3.07. The van der Waals surface area contributed by atoms with E-state index in [9.17, 15) is 9.59 Å². The Labute approximate surface area is 125 Å². The van der Waals surface area contributed by atoms with Gasteiger partial charge in [0, 0.05) is 13.0 Å². The maximum atomic E-state index is 12.3. The molecule has 0 aromatic heterocycles. The van der Waals surface area contributed by atoms with Gasteiger partial charge in [-0.15, -0.1) is 0 Å². The van der Waals surface area contributed by atoms with Gasteiger partial charge in [-0.3, -0.25) is 9.59 Å². The summed E-state index contributed by atoms with van der Waals surface area (Å²) in [6, 6.07) is 12.1. The summed E-state index contributed by atoms with van der Waals surface area (Å²) >= 11 is 0. The van der Waals surface area contributed by atoms with E-state index >= 15 is 0 Å². The summed E-state index contributed by atoms with van der Waals surface area (Å²) in [6.07, 6.45) is 3.39. The molecule has 2 rings (SSSR count). The third-order valence-corrected chi connectivity index (χ3v) is 4.32. The lowest BCUT2D eigenvalue weighted by Crippen LogP contribution is -2.36. The molecule has 0 spiro atoms. The highest BCUT2D eigenvalue weighted by Gasteiger charge is 2.34. The van der Waals surface area contributed by atoms with Crippen LogP contribution in [0, 0.1) is 23.2 Å². The molecule has 0 aliphatic heterocycles. The summed E-state index contributed by atoms with van der Waals surface area (Å²) in [4.78, 5) is 23.8. The van der Waals surface area contributed by atoms with E-state index in [4.69, 9.17) is 5.26 Å². The fraction of sp³-hybridized carbons (Fsp3) is 0.471. The van der Waals surface area contributed by atoms with Crippen molar-refractivity contribution < 1.29 is 9.59 Å². The lowest BCUT2D eigenvalue weighted by molar-refractivity contribution is -0.134. The average molecular weight is 284 g/mol. The van der Waals surface area contributed by atoms with Gasteiger partial charge in [0.15, 0.2) is 11.7 Å². The topological polar surface area (TPSA) is 70.0 Å². The Balaban J connectivity index is 1.96. The fourth-order valence-corrected chi connectivity index (χ4v) is 3.07. The summed E-state index contributed by atoms with van der Waals surface area (Å²) in [5.41, 5.74) is 1.31. The van der Waals surface area contributed by atoms with Gasteiger partial charge in [0.1, 0.15) is 0 Å². The van der Waals surface area contributed by atoms with Crippen LogP contribution in [0.1, 0.15) is 37.2 Å². The minimum atomic E-state index is -1.16. The van der Waals surface area contributed by atoms with Crippen molar-refractivity contribution in [1.82, 2.24) is 5.32 Å². The zero-order valence-electron chi connectivity index (χ0n) is 12.2. The van der Waals surface area contributed by atoms with E-state index in [2.05, 4.69) is 17.4 Å². The number of carbonyl (C=O) groups excluding carboxylic acids is 2. The number of rotatable bonds is 4. The molecule has 1 aromatic carbocycles. The van der Waals surface area contributed by atoms with Gasteiger partial charge in [-0.05, 0) is 37.2 Å². The molecule has 1 fully saturated rings. The third-order valence-electron chi connectivity index (χ3n) is 4.32. The van der Waals surface area contributed by atoms with Crippen LogP contribution in [0.2, 0.25) is 0 Å². The van der Waals surface area contributed by atoms with Crippen molar-refractivity contribution in [2.75, 3.05) is 7.05 Å². The molecule has 0 heterocycles. The largest absolute Gasteiger partial charge is 0.358 e. The standard InChI is InChI=1S/C17H20N2O2/c1-19-17(21)15(11-18)16(20)14-9-7-13(8-10-14)12-5-3-2-4-6-12/h2-6,13-15H,7-10H2,1H3,(H,19,21). The van der Waals surface area contributed by atoms with Gasteiger partial charge in [0.2, 0.25) is 5.91 Å². The van der Waals surface area contributed by atoms with Gasteiger partial charge < -0.3 is 5.32 Å². The number of hydrogen-bond donors (Lipinski definition) is 1. The normalized spacial score (nSPS) is 22.9. The molecule has 110 valence electrons. The molecule has 1 N–H and O–H groups in total. The van der Waals surface area contributed by atoms with Crippen LogP contribution in [-0.2, 0) is 9.59 Å². The zero-order chi connectivity index (χ0) is 15.2. The molecule has 21 heavy (non-hydrogen) atoms. The summed E-state index contributed by atoms with van der Waals surface area (Å²) in [5, 5.41) is 11.4. The zero-order valence-corrected chi connectivity index (χ0v) is 12.2. The first-order chi connectivity index (χ1) is 10.2. The number of nitrogens with one attached hydrogen (secondary N) is 1. The molecule has 1 atom stereocenters. The van der Waals surface area contributed by atoms with E-state index in [0.717, 1.165) is 25.7 Å². The van der Waals surface area contributed by atoms with E-state index in [1.807, 2.05) is 24.3 Å². The smallest absolute Gasteiger partial charge is 0.244 e. The van der Waals surface area contributed by atoms with Crippen molar-refractivity contribution in [2.45, 2.75) is 31.6 Å². The third kappa shape index (κ3) is 3.49. The summed E-state index contributed by atoms with van der Waals surface area (Å²) in [6.45, 7) is 0. The average Bonchev–Trinajstić information content (AvgIpc) is 2.56. The SMILES string of the molecule is CNC(=O)C(C#N)C(=O)C1CCC(c2ccccc2)CC1. The molecule has 4 nitrogen and oxygen atoms in total. The molecule has 1 aromatic rings. The molecular formula is C17H20N2O2. The molecule has 0 bridgehead atoms. The predicted octanol–water partition coefficient (Wildman–Crippen LogP) is 2.42. The molecule has 1 aliphatic rings. The molecule has 1 aliphatic carbocycles. The minimum Gasteiger partial charge on any atom is -0.358 e. The number of ketones is 1. The first-order valence-corrected chi connectivity index (χ1v) is 7.37. The Morgan fingerprint density at radius 2 is 1.81 bits per heavy atom. The molecule has 0 saturated heterocycles. The van der Waals surface area contributed by atoms with Gasteiger partial charge in [-0.1, -0.05) is 30.3 Å². The summed E-state index contributed by atoms with van der Waals surface area (Å²) in [5.74, 6) is -1.55. The van der Waals surface area contributed by atoms with E-state index in [0.29, 0.717) is 5.92 Å². The Morgan fingerprint density at radius 3 is 2.33 bits per heavy atom. The van der Waals surface area contributed by atoms with Crippen LogP contribution >= 0.6 is 0 Å². The molecular weight excluding hydrogens is 264 g/mol. The van der Waals surface area contributed by atoms with Crippen LogP contribution in [0.3, 0.4) is 0 Å². The number of carbonyl (C=O) groups is 2. The summed E-state index contributed by atoms with van der Waals surface area (Å²) < 4.78 is 0. The van der Waals surface area contributed by atoms with Crippen molar-refractivity contribution in [1.29, 1.82) is 5.26 Å². The van der Waals surface area contributed by atoms with Crippen molar-refractivity contribution in [3.05, 3.63) is 35.9 Å². The molecule has 1 unspecified atom stereocenters. The highest BCUT2D eigenvalue weighted by atomic mass is 16.2. The van der Waals surface area contributed by atoms with Crippen molar-refractivity contribution >= 4 is 11.7 Å². The van der Waals surface area contributed by atoms with Gasteiger partial charge >= 0.3 is 0 Å². The number of nitriles is 1. The maximum Gasteiger partial charge on any atom is 0.244 e. The van der Waals surface area contributed by atoms with Crippen LogP contribution in [0.15, 0.2) is 30.3 Å².